The van der Waals surface area contributed by atoms with E-state index < -0.39 is 21.9 Å². The number of primary sulfonamides is 1. The molecule has 0 fully saturated rings. The Morgan fingerprint density at radius 2 is 1.49 bits per heavy atom. The van der Waals surface area contributed by atoms with Crippen LogP contribution in [0.1, 0.15) is 42.3 Å². The average Bonchev–Trinajstić information content (AvgIpc) is 3.31. The zero-order chi connectivity index (χ0) is 29.6. The van der Waals surface area contributed by atoms with Crippen molar-refractivity contribution in [3.8, 4) is 11.4 Å². The Bertz CT molecular complexity index is 1540. The van der Waals surface area contributed by atoms with Gasteiger partial charge in [-0.2, -0.15) is 13.2 Å². The summed E-state index contributed by atoms with van der Waals surface area (Å²) < 4.78 is 68.5. The van der Waals surface area contributed by atoms with Gasteiger partial charge in [0.15, 0.2) is 5.69 Å². The van der Waals surface area contributed by atoms with Gasteiger partial charge < -0.3 is 4.57 Å². The van der Waals surface area contributed by atoms with Gasteiger partial charge in [-0.05, 0) is 48.1 Å². The van der Waals surface area contributed by atoms with Gasteiger partial charge in [0.05, 0.1) is 10.6 Å². The minimum Gasteiger partial charge on any atom is -0.326 e. The minimum absolute atomic E-state index is 0.0143. The highest BCUT2D eigenvalue weighted by Gasteiger charge is 2.39. The van der Waals surface area contributed by atoms with E-state index in [-0.39, 0.29) is 23.7 Å². The molecule has 218 valence electrons. The Morgan fingerprint density at radius 1 is 0.902 bits per heavy atom. The first-order valence-corrected chi connectivity index (χ1v) is 16.0. The minimum atomic E-state index is -4.64. The number of sulfonamides is 1. The van der Waals surface area contributed by atoms with Crippen molar-refractivity contribution in [2.45, 2.75) is 61.9 Å². The van der Waals surface area contributed by atoms with Crippen LogP contribution in [0.15, 0.2) is 88.7 Å². The van der Waals surface area contributed by atoms with Gasteiger partial charge in [-0.1, -0.05) is 67.9 Å². The predicted molar refractivity (Wildman–Crippen MR) is 157 cm³/mol. The number of imidazole rings is 1. The van der Waals surface area contributed by atoms with Crippen LogP contribution in [0.4, 0.5) is 13.2 Å². The number of nitrogens with zero attached hydrogens (tertiary/aromatic N) is 3. The molecule has 6 nitrogen and oxygen atoms in total. The average molecular weight is 603 g/mol. The molecular weight excluding hydrogens is 569 g/mol. The van der Waals surface area contributed by atoms with Crippen molar-refractivity contribution >= 4 is 21.8 Å². The van der Waals surface area contributed by atoms with Crippen LogP contribution in [-0.2, 0) is 42.4 Å². The van der Waals surface area contributed by atoms with Crippen LogP contribution in [-0.4, -0.2) is 29.1 Å². The topological polar surface area (TPSA) is 81.2 Å². The fourth-order valence-electron chi connectivity index (χ4n) is 4.65. The summed E-state index contributed by atoms with van der Waals surface area (Å²) in [5, 5.41) is 5.24. The second kappa shape index (κ2) is 13.2. The van der Waals surface area contributed by atoms with E-state index in [2.05, 4.69) is 4.98 Å². The summed E-state index contributed by atoms with van der Waals surface area (Å²) in [7, 11) is -3.86. The van der Waals surface area contributed by atoms with Crippen molar-refractivity contribution < 1.29 is 21.6 Å². The number of nitrogens with two attached hydrogens (primary N) is 1. The number of benzene rings is 3. The maximum Gasteiger partial charge on any atom is 0.435 e. The van der Waals surface area contributed by atoms with Gasteiger partial charge >= 0.3 is 6.18 Å². The Hall–Kier alpha value is -3.12. The first-order chi connectivity index (χ1) is 19.5. The van der Waals surface area contributed by atoms with Crippen molar-refractivity contribution in [1.29, 1.82) is 0 Å². The Balaban J connectivity index is 1.78. The fraction of sp³-hybridized carbons (Fsp3) is 0.300. The maximum atomic E-state index is 14.5. The number of hydrogen-bond donors (Lipinski definition) is 1. The third-order valence-electron chi connectivity index (χ3n) is 6.70. The molecule has 41 heavy (non-hydrogen) atoms. The summed E-state index contributed by atoms with van der Waals surface area (Å²) in [4.78, 5) is 7.14. The molecule has 4 rings (SSSR count). The Kier molecular flexibility index (Phi) is 9.96. The van der Waals surface area contributed by atoms with E-state index in [1.54, 1.807) is 52.7 Å². The van der Waals surface area contributed by atoms with Crippen molar-refractivity contribution in [1.82, 2.24) is 14.5 Å². The van der Waals surface area contributed by atoms with E-state index in [0.29, 0.717) is 30.9 Å². The van der Waals surface area contributed by atoms with E-state index in [0.717, 1.165) is 22.4 Å². The number of alkyl halides is 3. The molecule has 0 aliphatic heterocycles. The highest BCUT2D eigenvalue weighted by atomic mass is 32.2. The normalized spacial score (nSPS) is 12.3. The zero-order valence-electron chi connectivity index (χ0n) is 22.9. The summed E-state index contributed by atoms with van der Waals surface area (Å²) >= 11 is 1.61. The third-order valence-corrected chi connectivity index (χ3v) is 8.38. The lowest BCUT2D eigenvalue weighted by molar-refractivity contribution is -0.141. The third kappa shape index (κ3) is 8.00. The number of rotatable bonds is 12. The summed E-state index contributed by atoms with van der Waals surface area (Å²) in [6, 6.07) is 22.9. The predicted octanol–water partition coefficient (Wildman–Crippen LogP) is 6.94. The molecule has 0 aliphatic carbocycles. The molecule has 0 unspecified atom stereocenters. The van der Waals surface area contributed by atoms with Gasteiger partial charge in [-0.3, -0.25) is 4.90 Å². The monoisotopic (exact) mass is 602 g/mol. The second-order valence-electron chi connectivity index (χ2n) is 9.78. The molecule has 0 saturated heterocycles. The SMILES string of the molecule is CCCCn1c(-c2ccccc2)nc(C(F)(F)F)c1CN(Cc1ccc(SC)cc1)Cc1ccc(S(N)(=O)=O)cc1. The quantitative estimate of drug-likeness (QED) is 0.178. The largest absolute Gasteiger partial charge is 0.435 e. The van der Waals surface area contributed by atoms with Crippen molar-refractivity contribution in [3.05, 3.63) is 101 Å². The van der Waals surface area contributed by atoms with Crippen molar-refractivity contribution in [2.24, 2.45) is 5.14 Å². The van der Waals surface area contributed by atoms with Crippen molar-refractivity contribution in [3.63, 3.8) is 0 Å². The van der Waals surface area contributed by atoms with E-state index in [9.17, 15) is 21.6 Å². The lowest BCUT2D eigenvalue weighted by atomic mass is 10.1. The lowest BCUT2D eigenvalue weighted by Crippen LogP contribution is -2.26. The van der Waals surface area contributed by atoms with Gasteiger partial charge in [0.1, 0.15) is 5.82 Å². The van der Waals surface area contributed by atoms with E-state index in [1.165, 1.54) is 12.1 Å². The van der Waals surface area contributed by atoms with Crippen LogP contribution in [0, 0.1) is 0 Å². The molecule has 0 aliphatic rings. The zero-order valence-corrected chi connectivity index (χ0v) is 24.6. The standard InChI is InChI=1S/C30H33F3N4O2S2/c1-3-4-18-37-27(28(30(31,32)33)35-29(37)24-8-6-5-7-9-24)21-36(19-22-10-14-25(40-2)15-11-22)20-23-12-16-26(17-13-23)41(34,38)39/h5-17H,3-4,18-21H2,1-2H3,(H2,34,38,39). The van der Waals surface area contributed by atoms with Crippen LogP contribution in [0.2, 0.25) is 0 Å². The van der Waals surface area contributed by atoms with Crippen LogP contribution in [0.5, 0.6) is 0 Å². The number of aromatic nitrogens is 2. The van der Waals surface area contributed by atoms with Gasteiger partial charge in [0.25, 0.3) is 0 Å². The highest BCUT2D eigenvalue weighted by Crippen LogP contribution is 2.36. The molecular formula is C30H33F3N4O2S2. The maximum absolute atomic E-state index is 14.5. The highest BCUT2D eigenvalue weighted by molar-refractivity contribution is 7.98. The van der Waals surface area contributed by atoms with Gasteiger partial charge in [-0.25, -0.2) is 18.5 Å². The molecule has 0 bridgehead atoms. The second-order valence-corrected chi connectivity index (χ2v) is 12.2. The first-order valence-electron chi connectivity index (χ1n) is 13.2. The molecule has 3 aromatic carbocycles. The van der Waals surface area contributed by atoms with Crippen molar-refractivity contribution in [2.75, 3.05) is 6.26 Å². The van der Waals surface area contributed by atoms with E-state index in [4.69, 9.17) is 5.14 Å². The Labute approximate surface area is 243 Å². The number of halogens is 3. The molecule has 2 N–H and O–H groups in total. The van der Waals surface area contributed by atoms with Crippen LogP contribution in [0.3, 0.4) is 0 Å². The molecule has 0 radical (unpaired) electrons. The molecule has 0 atom stereocenters. The molecule has 0 amide bonds. The molecule has 0 saturated carbocycles. The summed E-state index contributed by atoms with van der Waals surface area (Å²) in [6.07, 6.45) is -1.15. The van der Waals surface area contributed by atoms with Gasteiger partial charge in [-0.15, -0.1) is 11.8 Å². The summed E-state index contributed by atoms with van der Waals surface area (Å²) in [5.41, 5.74) is 1.53. The molecule has 1 aromatic heterocycles. The van der Waals surface area contributed by atoms with Crippen LogP contribution >= 0.6 is 11.8 Å². The first kappa shape index (κ1) is 30.8. The number of unbranched alkanes of at least 4 members (excludes halogenated alkanes) is 1. The number of thioether (sulfide) groups is 1. The van der Waals surface area contributed by atoms with E-state index in [1.807, 2.05) is 48.4 Å². The smallest absolute Gasteiger partial charge is 0.326 e. The molecule has 11 heteroatoms. The van der Waals surface area contributed by atoms with E-state index >= 15 is 0 Å². The van der Waals surface area contributed by atoms with Crippen LogP contribution in [0.25, 0.3) is 11.4 Å². The fourth-order valence-corrected chi connectivity index (χ4v) is 5.57. The van der Waals surface area contributed by atoms with Gasteiger partial charge in [0.2, 0.25) is 10.0 Å². The summed E-state index contributed by atoms with van der Waals surface area (Å²) in [6.45, 7) is 3.05. The number of hydrogen-bond acceptors (Lipinski definition) is 5. The molecule has 4 aromatic rings. The molecule has 1 heterocycles. The molecule has 0 spiro atoms. The summed E-state index contributed by atoms with van der Waals surface area (Å²) in [5.74, 6) is 0.295. The Morgan fingerprint density at radius 3 is 2.00 bits per heavy atom. The lowest BCUT2D eigenvalue weighted by Gasteiger charge is -2.25. The van der Waals surface area contributed by atoms with Gasteiger partial charge in [0, 0.05) is 36.6 Å². The van der Waals surface area contributed by atoms with Crippen LogP contribution < -0.4 is 5.14 Å².